The van der Waals surface area contributed by atoms with Crippen LogP contribution in [0.15, 0.2) is 22.7 Å². The quantitative estimate of drug-likeness (QED) is 0.860. The van der Waals surface area contributed by atoms with Gasteiger partial charge in [0.05, 0.1) is 6.10 Å². The molecule has 0 fully saturated rings. The van der Waals surface area contributed by atoms with Gasteiger partial charge in [-0.1, -0.05) is 22.0 Å². The molecule has 0 unspecified atom stereocenters. The highest BCUT2D eigenvalue weighted by atomic mass is 79.9. The van der Waals surface area contributed by atoms with Crippen LogP contribution in [0.3, 0.4) is 0 Å². The van der Waals surface area contributed by atoms with Crippen LogP contribution >= 0.6 is 15.9 Å². The number of carbonyl (C=O) groups excluding carboxylic acids is 1. The fourth-order valence-corrected chi connectivity index (χ4v) is 2.20. The van der Waals surface area contributed by atoms with Crippen LogP contribution in [-0.4, -0.2) is 41.8 Å². The predicted molar refractivity (Wildman–Crippen MR) is 80.1 cm³/mol. The smallest absolute Gasteiger partial charge is 0.317 e. The van der Waals surface area contributed by atoms with E-state index in [4.69, 9.17) is 0 Å². The molecule has 0 saturated carbocycles. The van der Waals surface area contributed by atoms with Crippen LogP contribution in [0, 0.1) is 5.82 Å². The number of aliphatic hydroxyl groups excluding tert-OH is 1. The van der Waals surface area contributed by atoms with Gasteiger partial charge in [0.15, 0.2) is 0 Å². The number of aliphatic hydroxyl groups is 1. The van der Waals surface area contributed by atoms with Crippen LogP contribution in [0.25, 0.3) is 0 Å². The van der Waals surface area contributed by atoms with Gasteiger partial charge in [-0.15, -0.1) is 0 Å². The third-order valence-electron chi connectivity index (χ3n) is 2.80. The van der Waals surface area contributed by atoms with Crippen molar-refractivity contribution in [2.24, 2.45) is 0 Å². The van der Waals surface area contributed by atoms with Gasteiger partial charge in [-0.05, 0) is 38.0 Å². The maximum Gasteiger partial charge on any atom is 0.317 e. The lowest BCUT2D eigenvalue weighted by atomic mass is 10.1. The molecule has 2 N–H and O–H groups in total. The number of benzene rings is 1. The van der Waals surface area contributed by atoms with E-state index in [0.717, 1.165) is 0 Å². The monoisotopic (exact) mass is 346 g/mol. The van der Waals surface area contributed by atoms with Gasteiger partial charge in [0.1, 0.15) is 5.82 Å². The summed E-state index contributed by atoms with van der Waals surface area (Å²) >= 11 is 3.20. The van der Waals surface area contributed by atoms with E-state index in [1.807, 2.05) is 6.92 Å². The van der Waals surface area contributed by atoms with Crippen LogP contribution in [0.1, 0.15) is 19.4 Å². The van der Waals surface area contributed by atoms with Crippen LogP contribution in [-0.2, 0) is 6.42 Å². The summed E-state index contributed by atoms with van der Waals surface area (Å²) in [4.78, 5) is 13.2. The molecule has 0 bridgehead atoms. The Balaban J connectivity index is 2.54. The first kappa shape index (κ1) is 16.9. The third-order valence-corrected chi connectivity index (χ3v) is 3.29. The third kappa shape index (κ3) is 5.46. The maximum atomic E-state index is 13.7. The van der Waals surface area contributed by atoms with Gasteiger partial charge < -0.3 is 15.3 Å². The van der Waals surface area contributed by atoms with Gasteiger partial charge in [0.25, 0.3) is 0 Å². The number of amides is 2. The zero-order valence-electron chi connectivity index (χ0n) is 11.9. The zero-order valence-corrected chi connectivity index (χ0v) is 13.4. The second-order valence-electron chi connectivity index (χ2n) is 5.02. The van der Waals surface area contributed by atoms with Crippen LogP contribution in [0.2, 0.25) is 0 Å². The molecule has 0 radical (unpaired) electrons. The normalized spacial score (nSPS) is 13.7. The van der Waals surface area contributed by atoms with Crippen molar-refractivity contribution in [2.45, 2.75) is 32.4 Å². The van der Waals surface area contributed by atoms with Gasteiger partial charge in [0.2, 0.25) is 0 Å². The minimum Gasteiger partial charge on any atom is -0.392 e. The summed E-state index contributed by atoms with van der Waals surface area (Å²) < 4.78 is 14.4. The van der Waals surface area contributed by atoms with E-state index in [1.165, 1.54) is 11.0 Å². The molecule has 0 aliphatic carbocycles. The predicted octanol–water partition coefficient (Wildman–Crippen LogP) is 2.54. The molecule has 4 nitrogen and oxygen atoms in total. The van der Waals surface area contributed by atoms with E-state index in [1.54, 1.807) is 26.1 Å². The molecule has 0 aromatic heterocycles. The highest BCUT2D eigenvalue weighted by Crippen LogP contribution is 2.16. The molecule has 0 spiro atoms. The second kappa shape index (κ2) is 7.59. The second-order valence-corrected chi connectivity index (χ2v) is 5.94. The van der Waals surface area contributed by atoms with Gasteiger partial charge in [-0.25, -0.2) is 9.18 Å². The van der Waals surface area contributed by atoms with Crippen molar-refractivity contribution >= 4 is 22.0 Å². The number of hydrogen-bond acceptors (Lipinski definition) is 2. The van der Waals surface area contributed by atoms with Crippen LogP contribution in [0.5, 0.6) is 0 Å². The molecule has 1 rings (SSSR count). The lowest BCUT2D eigenvalue weighted by Gasteiger charge is -2.22. The molecule has 2 atom stereocenters. The SMILES string of the molecule is C[C@H](Cc1ccc(Br)cc1F)NC(=O)N(C)C[C@@H](C)O. The Kier molecular flexibility index (Phi) is 6.42. The molecule has 2 amide bonds. The zero-order chi connectivity index (χ0) is 15.3. The highest BCUT2D eigenvalue weighted by molar-refractivity contribution is 9.10. The van der Waals surface area contributed by atoms with Crippen molar-refractivity contribution in [3.8, 4) is 0 Å². The van der Waals surface area contributed by atoms with E-state index in [0.29, 0.717) is 16.5 Å². The summed E-state index contributed by atoms with van der Waals surface area (Å²) in [6, 6.07) is 4.39. The Morgan fingerprint density at radius 3 is 2.70 bits per heavy atom. The maximum absolute atomic E-state index is 13.7. The van der Waals surface area contributed by atoms with Gasteiger partial charge in [-0.3, -0.25) is 0 Å². The van der Waals surface area contributed by atoms with Gasteiger partial charge >= 0.3 is 6.03 Å². The Bertz CT molecular complexity index is 468. The summed E-state index contributed by atoms with van der Waals surface area (Å²) in [5, 5.41) is 12.0. The van der Waals surface area contributed by atoms with Crippen molar-refractivity contribution in [1.82, 2.24) is 10.2 Å². The largest absolute Gasteiger partial charge is 0.392 e. The van der Waals surface area contributed by atoms with Gasteiger partial charge in [0, 0.05) is 24.1 Å². The summed E-state index contributed by atoms with van der Waals surface area (Å²) in [5.74, 6) is -0.294. The van der Waals surface area contributed by atoms with Gasteiger partial charge in [-0.2, -0.15) is 0 Å². The minimum atomic E-state index is -0.579. The van der Waals surface area contributed by atoms with E-state index in [-0.39, 0.29) is 24.4 Å². The molecular weight excluding hydrogens is 327 g/mol. The average Bonchev–Trinajstić information content (AvgIpc) is 2.31. The molecule has 0 aliphatic heterocycles. The van der Waals surface area contributed by atoms with Crippen LogP contribution < -0.4 is 5.32 Å². The number of hydrogen-bond donors (Lipinski definition) is 2. The molecule has 1 aromatic rings. The number of likely N-dealkylation sites (N-methyl/N-ethyl adjacent to an activating group) is 1. The Hall–Kier alpha value is -1.14. The molecular formula is C14H20BrFN2O2. The number of nitrogens with one attached hydrogen (secondary N) is 1. The van der Waals surface area contributed by atoms with Crippen LogP contribution in [0.4, 0.5) is 9.18 Å². The number of carbonyl (C=O) groups is 1. The summed E-state index contributed by atoms with van der Waals surface area (Å²) in [5.41, 5.74) is 0.555. The summed E-state index contributed by atoms with van der Waals surface area (Å²) in [6.45, 7) is 3.69. The van der Waals surface area contributed by atoms with Crippen molar-refractivity contribution < 1.29 is 14.3 Å². The van der Waals surface area contributed by atoms with E-state index in [2.05, 4.69) is 21.2 Å². The first-order valence-electron chi connectivity index (χ1n) is 6.43. The van der Waals surface area contributed by atoms with Crippen molar-refractivity contribution in [3.05, 3.63) is 34.1 Å². The molecule has 0 saturated heterocycles. The highest BCUT2D eigenvalue weighted by Gasteiger charge is 2.15. The summed E-state index contributed by atoms with van der Waals surface area (Å²) in [6.07, 6.45) is -0.169. The molecule has 0 aliphatic rings. The lowest BCUT2D eigenvalue weighted by Crippen LogP contribution is -2.44. The van der Waals surface area contributed by atoms with Crippen molar-refractivity contribution in [1.29, 1.82) is 0 Å². The Labute approximate surface area is 127 Å². The number of rotatable bonds is 5. The molecule has 1 aromatic carbocycles. The first-order chi connectivity index (χ1) is 9.29. The Morgan fingerprint density at radius 1 is 1.50 bits per heavy atom. The number of halogens is 2. The fraction of sp³-hybridized carbons (Fsp3) is 0.500. The topological polar surface area (TPSA) is 52.6 Å². The minimum absolute atomic E-state index is 0.199. The molecule has 0 heterocycles. The lowest BCUT2D eigenvalue weighted by molar-refractivity contribution is 0.142. The van der Waals surface area contributed by atoms with E-state index in [9.17, 15) is 14.3 Å². The Morgan fingerprint density at radius 2 is 2.15 bits per heavy atom. The molecule has 20 heavy (non-hydrogen) atoms. The van der Waals surface area contributed by atoms with E-state index < -0.39 is 6.10 Å². The first-order valence-corrected chi connectivity index (χ1v) is 7.22. The average molecular weight is 347 g/mol. The number of urea groups is 1. The van der Waals surface area contributed by atoms with Crippen molar-refractivity contribution in [3.63, 3.8) is 0 Å². The standard InChI is InChI=1S/C14H20BrFN2O2/c1-9(17-14(20)18(3)8-10(2)19)6-11-4-5-12(15)7-13(11)16/h4-5,7,9-10,19H,6,8H2,1-3H3,(H,17,20)/t9-,10-/m1/s1. The number of nitrogens with zero attached hydrogens (tertiary/aromatic N) is 1. The fourth-order valence-electron chi connectivity index (χ4n) is 1.87. The molecule has 112 valence electrons. The summed E-state index contributed by atoms with van der Waals surface area (Å²) in [7, 11) is 1.61. The van der Waals surface area contributed by atoms with E-state index >= 15 is 0 Å². The van der Waals surface area contributed by atoms with Crippen molar-refractivity contribution in [2.75, 3.05) is 13.6 Å². The molecule has 6 heteroatoms.